The molecule has 2 aliphatic rings. The van der Waals surface area contributed by atoms with Crippen molar-refractivity contribution >= 4 is 5.91 Å². The van der Waals surface area contributed by atoms with E-state index in [1.807, 2.05) is 0 Å². The maximum atomic E-state index is 13.1. The number of nitrogens with zero attached hydrogens (tertiary/aromatic N) is 1. The van der Waals surface area contributed by atoms with Crippen molar-refractivity contribution in [1.82, 2.24) is 10.3 Å². The molecular formula is C18H19FN2O3. The van der Waals surface area contributed by atoms with Gasteiger partial charge in [-0.15, -0.1) is 0 Å². The maximum absolute atomic E-state index is 13.1. The minimum absolute atomic E-state index is 0.0470. The largest absolute Gasteiger partial charge is 0.484 e. The number of hydrogen-bond acceptors (Lipinski definition) is 4. The van der Waals surface area contributed by atoms with Gasteiger partial charge in [0, 0.05) is 12.1 Å². The fourth-order valence-corrected chi connectivity index (χ4v) is 2.94. The number of halogens is 1. The topological polar surface area (TPSA) is 64.4 Å². The zero-order chi connectivity index (χ0) is 16.5. The van der Waals surface area contributed by atoms with Crippen molar-refractivity contribution in [3.8, 4) is 5.75 Å². The highest BCUT2D eigenvalue weighted by Crippen LogP contribution is 2.44. The first kappa shape index (κ1) is 15.2. The van der Waals surface area contributed by atoms with Gasteiger partial charge >= 0.3 is 0 Å². The highest BCUT2D eigenvalue weighted by atomic mass is 19.1. The molecule has 1 N–H and O–H groups in total. The lowest BCUT2D eigenvalue weighted by molar-refractivity contribution is 0.0921. The number of rotatable bonds is 7. The Kier molecular flexibility index (Phi) is 3.96. The molecule has 0 aliphatic heterocycles. The van der Waals surface area contributed by atoms with E-state index in [2.05, 4.69) is 10.3 Å². The Hall–Kier alpha value is -2.37. The highest BCUT2D eigenvalue weighted by Gasteiger charge is 2.42. The SMILES string of the molecule is O=C(NC(C1CC1)C1CC1)c1coc(COc2cccc(F)c2)n1. The van der Waals surface area contributed by atoms with Gasteiger partial charge in [-0.3, -0.25) is 4.79 Å². The van der Waals surface area contributed by atoms with Crippen LogP contribution in [0, 0.1) is 17.7 Å². The predicted molar refractivity (Wildman–Crippen MR) is 83.9 cm³/mol. The van der Waals surface area contributed by atoms with Gasteiger partial charge in [0.2, 0.25) is 5.89 Å². The van der Waals surface area contributed by atoms with Crippen LogP contribution in [0.4, 0.5) is 4.39 Å². The zero-order valence-corrected chi connectivity index (χ0v) is 13.2. The molecule has 2 fully saturated rings. The lowest BCUT2D eigenvalue weighted by atomic mass is 10.1. The lowest BCUT2D eigenvalue weighted by Crippen LogP contribution is -2.38. The second-order valence-corrected chi connectivity index (χ2v) is 6.55. The van der Waals surface area contributed by atoms with E-state index in [0.717, 1.165) is 0 Å². The number of nitrogens with one attached hydrogen (secondary N) is 1. The van der Waals surface area contributed by atoms with Crippen LogP contribution in [0.5, 0.6) is 5.75 Å². The van der Waals surface area contributed by atoms with Gasteiger partial charge in [-0.2, -0.15) is 0 Å². The van der Waals surface area contributed by atoms with Gasteiger partial charge in [-0.05, 0) is 49.7 Å². The second-order valence-electron chi connectivity index (χ2n) is 6.55. The molecule has 1 heterocycles. The van der Waals surface area contributed by atoms with E-state index < -0.39 is 0 Å². The monoisotopic (exact) mass is 330 g/mol. The van der Waals surface area contributed by atoms with Crippen LogP contribution in [0.25, 0.3) is 0 Å². The number of amides is 1. The van der Waals surface area contributed by atoms with E-state index in [-0.39, 0.29) is 30.1 Å². The molecule has 0 bridgehead atoms. The molecule has 6 heteroatoms. The van der Waals surface area contributed by atoms with Crippen molar-refractivity contribution in [3.05, 3.63) is 47.9 Å². The van der Waals surface area contributed by atoms with Crippen LogP contribution in [0.15, 0.2) is 34.9 Å². The Labute approximate surface area is 139 Å². The van der Waals surface area contributed by atoms with E-state index in [1.165, 1.54) is 44.1 Å². The van der Waals surface area contributed by atoms with Gasteiger partial charge in [-0.25, -0.2) is 9.37 Å². The summed E-state index contributed by atoms with van der Waals surface area (Å²) >= 11 is 0. The molecular weight excluding hydrogens is 311 g/mol. The number of ether oxygens (including phenoxy) is 1. The van der Waals surface area contributed by atoms with Gasteiger partial charge < -0.3 is 14.5 Å². The summed E-state index contributed by atoms with van der Waals surface area (Å²) < 4.78 is 23.8. The molecule has 4 rings (SSSR count). The fraction of sp³-hybridized carbons (Fsp3) is 0.444. The Morgan fingerprint density at radius 2 is 2.08 bits per heavy atom. The van der Waals surface area contributed by atoms with Crippen molar-refractivity contribution in [3.63, 3.8) is 0 Å². The van der Waals surface area contributed by atoms with E-state index >= 15 is 0 Å². The van der Waals surface area contributed by atoms with Crippen LogP contribution in [-0.4, -0.2) is 16.9 Å². The average molecular weight is 330 g/mol. The van der Waals surface area contributed by atoms with Crippen LogP contribution >= 0.6 is 0 Å². The molecule has 0 radical (unpaired) electrons. The molecule has 1 amide bonds. The number of carbonyl (C=O) groups is 1. The summed E-state index contributed by atoms with van der Waals surface area (Å²) in [7, 11) is 0. The molecule has 126 valence electrons. The van der Waals surface area contributed by atoms with Gasteiger partial charge in [0.1, 0.15) is 17.8 Å². The second kappa shape index (κ2) is 6.26. The van der Waals surface area contributed by atoms with Crippen LogP contribution < -0.4 is 10.1 Å². The minimum Gasteiger partial charge on any atom is -0.484 e. The number of benzene rings is 1. The molecule has 1 aromatic heterocycles. The van der Waals surface area contributed by atoms with E-state index in [4.69, 9.17) is 9.15 Å². The standard InChI is InChI=1S/C18H19FN2O3/c19-13-2-1-3-14(8-13)23-10-16-20-15(9-24-16)18(22)21-17(11-4-5-11)12-6-7-12/h1-3,8-9,11-12,17H,4-7,10H2,(H,21,22). The fourth-order valence-electron chi connectivity index (χ4n) is 2.94. The molecule has 5 nitrogen and oxygen atoms in total. The predicted octanol–water partition coefficient (Wildman–Crippen LogP) is 3.31. The summed E-state index contributed by atoms with van der Waals surface area (Å²) in [5.74, 6) is 1.37. The summed E-state index contributed by atoms with van der Waals surface area (Å²) in [6, 6.07) is 6.12. The maximum Gasteiger partial charge on any atom is 0.273 e. The summed E-state index contributed by atoms with van der Waals surface area (Å²) in [6.45, 7) is 0.0470. The van der Waals surface area contributed by atoms with Crippen LogP contribution in [0.3, 0.4) is 0 Å². The van der Waals surface area contributed by atoms with Crippen molar-refractivity contribution in [2.75, 3.05) is 0 Å². The highest BCUT2D eigenvalue weighted by molar-refractivity contribution is 5.92. The number of aromatic nitrogens is 1. The van der Waals surface area contributed by atoms with Crippen molar-refractivity contribution in [2.24, 2.45) is 11.8 Å². The molecule has 0 spiro atoms. The van der Waals surface area contributed by atoms with Gasteiger partial charge in [0.05, 0.1) is 0 Å². The molecule has 1 aromatic carbocycles. The van der Waals surface area contributed by atoms with Crippen LogP contribution in [0.1, 0.15) is 42.1 Å². The van der Waals surface area contributed by atoms with Crippen molar-refractivity contribution in [2.45, 2.75) is 38.3 Å². The molecule has 2 aliphatic carbocycles. The quantitative estimate of drug-likeness (QED) is 0.846. The molecule has 2 saturated carbocycles. The number of carbonyl (C=O) groups excluding carboxylic acids is 1. The summed E-state index contributed by atoms with van der Waals surface area (Å²) in [5.41, 5.74) is 0.263. The number of oxazole rings is 1. The average Bonchev–Trinajstić information content (AvgIpc) is 3.49. The first-order chi connectivity index (χ1) is 11.7. The van der Waals surface area contributed by atoms with E-state index in [0.29, 0.717) is 23.5 Å². The Morgan fingerprint density at radius 1 is 1.33 bits per heavy atom. The third-order valence-electron chi connectivity index (χ3n) is 4.50. The normalized spacial score (nSPS) is 17.1. The minimum atomic E-state index is -0.369. The first-order valence-corrected chi connectivity index (χ1v) is 8.32. The van der Waals surface area contributed by atoms with Crippen molar-refractivity contribution in [1.29, 1.82) is 0 Å². The lowest BCUT2D eigenvalue weighted by Gasteiger charge is -2.16. The van der Waals surface area contributed by atoms with Gasteiger partial charge in [0.15, 0.2) is 12.3 Å². The number of hydrogen-bond donors (Lipinski definition) is 1. The van der Waals surface area contributed by atoms with Crippen LogP contribution in [0.2, 0.25) is 0 Å². The molecule has 2 aromatic rings. The summed E-state index contributed by atoms with van der Waals surface area (Å²) in [5, 5.41) is 3.10. The van der Waals surface area contributed by atoms with E-state index in [9.17, 15) is 9.18 Å². The third-order valence-corrected chi connectivity index (χ3v) is 4.50. The zero-order valence-electron chi connectivity index (χ0n) is 13.2. The molecule has 0 atom stereocenters. The first-order valence-electron chi connectivity index (χ1n) is 8.32. The third kappa shape index (κ3) is 3.58. The smallest absolute Gasteiger partial charge is 0.273 e. The summed E-state index contributed by atoms with van der Waals surface area (Å²) in [6.07, 6.45) is 6.15. The molecule has 0 saturated heterocycles. The molecule has 24 heavy (non-hydrogen) atoms. The Balaban J connectivity index is 1.34. The van der Waals surface area contributed by atoms with Gasteiger partial charge in [0.25, 0.3) is 5.91 Å². The summed E-state index contributed by atoms with van der Waals surface area (Å²) in [4.78, 5) is 16.5. The van der Waals surface area contributed by atoms with Crippen LogP contribution in [-0.2, 0) is 6.61 Å². The van der Waals surface area contributed by atoms with Gasteiger partial charge in [-0.1, -0.05) is 6.07 Å². The van der Waals surface area contributed by atoms with E-state index in [1.54, 1.807) is 12.1 Å². The Bertz CT molecular complexity index is 725. The van der Waals surface area contributed by atoms with Crippen molar-refractivity contribution < 1.29 is 18.3 Å². The Morgan fingerprint density at radius 3 is 2.75 bits per heavy atom. The molecule has 0 unspecified atom stereocenters.